The van der Waals surface area contributed by atoms with Crippen LogP contribution in [-0.4, -0.2) is 63.9 Å². The van der Waals surface area contributed by atoms with E-state index in [2.05, 4.69) is 47.5 Å². The van der Waals surface area contributed by atoms with Crippen LogP contribution in [0.4, 0.5) is 0 Å². The molecule has 2 aromatic rings. The van der Waals surface area contributed by atoms with Gasteiger partial charge in [-0.3, -0.25) is 4.79 Å². The fourth-order valence-electron chi connectivity index (χ4n) is 3.94. The molecule has 0 aromatic heterocycles. The zero-order valence-corrected chi connectivity index (χ0v) is 18.8. The molecule has 2 aromatic carbocycles. The highest BCUT2D eigenvalue weighted by Crippen LogP contribution is 2.28. The van der Waals surface area contributed by atoms with Crippen molar-refractivity contribution in [2.45, 2.75) is 31.8 Å². The number of hydrogen-bond donors (Lipinski definition) is 1. The summed E-state index contributed by atoms with van der Waals surface area (Å²) < 4.78 is 16.6. The number of carbonyl (C=O) groups is 1. The van der Waals surface area contributed by atoms with E-state index in [4.69, 9.17) is 14.2 Å². The molecule has 1 N–H and O–H groups in total. The Morgan fingerprint density at radius 1 is 1.13 bits per heavy atom. The third kappa shape index (κ3) is 6.71. The molecule has 0 radical (unpaired) electrons. The molecule has 1 atom stereocenters. The van der Waals surface area contributed by atoms with E-state index in [0.717, 1.165) is 32.5 Å². The number of methoxy groups -OCH3 is 2. The van der Waals surface area contributed by atoms with Crippen LogP contribution in [0.2, 0.25) is 0 Å². The smallest absolute Gasteiger partial charge is 0.255 e. The van der Waals surface area contributed by atoms with Crippen LogP contribution in [0.5, 0.6) is 11.5 Å². The number of nitrogens with one attached hydrogen (secondary N) is 1. The van der Waals surface area contributed by atoms with E-state index in [-0.39, 0.29) is 12.0 Å². The number of benzene rings is 2. The average molecular weight is 427 g/mol. The summed E-state index contributed by atoms with van der Waals surface area (Å²) in [6.07, 6.45) is 1.95. The Morgan fingerprint density at radius 3 is 2.55 bits per heavy atom. The molecule has 1 amide bonds. The number of ether oxygens (including phenoxy) is 3. The Labute approximate surface area is 185 Å². The molecule has 1 unspecified atom stereocenters. The summed E-state index contributed by atoms with van der Waals surface area (Å²) >= 11 is 0. The second-order valence-electron chi connectivity index (χ2n) is 8.04. The molecule has 168 valence electrons. The van der Waals surface area contributed by atoms with Crippen molar-refractivity contribution in [2.75, 3.05) is 47.0 Å². The molecule has 1 aliphatic rings. The number of likely N-dealkylation sites (tertiary alicyclic amines) is 1. The van der Waals surface area contributed by atoms with Crippen LogP contribution in [0.1, 0.15) is 41.6 Å². The highest BCUT2D eigenvalue weighted by molar-refractivity contribution is 5.97. The number of hydrogen-bond acceptors (Lipinski definition) is 5. The van der Waals surface area contributed by atoms with E-state index in [0.29, 0.717) is 36.1 Å². The first-order valence-corrected chi connectivity index (χ1v) is 11.0. The van der Waals surface area contributed by atoms with E-state index >= 15 is 0 Å². The highest BCUT2D eigenvalue weighted by Gasteiger charge is 2.24. The lowest BCUT2D eigenvalue weighted by atomic mass is 9.99. The van der Waals surface area contributed by atoms with Gasteiger partial charge in [-0.15, -0.1) is 0 Å². The van der Waals surface area contributed by atoms with Gasteiger partial charge in [0.05, 0.1) is 19.3 Å². The van der Waals surface area contributed by atoms with Crippen molar-refractivity contribution >= 4 is 5.91 Å². The maximum absolute atomic E-state index is 12.6. The summed E-state index contributed by atoms with van der Waals surface area (Å²) in [4.78, 5) is 15.1. The zero-order valence-electron chi connectivity index (χ0n) is 18.8. The second-order valence-corrected chi connectivity index (χ2v) is 8.04. The Kier molecular flexibility index (Phi) is 8.74. The van der Waals surface area contributed by atoms with E-state index < -0.39 is 0 Å². The van der Waals surface area contributed by atoms with Gasteiger partial charge in [-0.25, -0.2) is 0 Å². The van der Waals surface area contributed by atoms with E-state index in [9.17, 15) is 4.79 Å². The van der Waals surface area contributed by atoms with E-state index in [1.54, 1.807) is 32.4 Å². The van der Waals surface area contributed by atoms with Crippen LogP contribution in [0.25, 0.3) is 0 Å². The maximum Gasteiger partial charge on any atom is 0.255 e. The van der Waals surface area contributed by atoms with Crippen molar-refractivity contribution in [3.05, 3.63) is 59.7 Å². The molecule has 1 fully saturated rings. The zero-order chi connectivity index (χ0) is 22.1. The van der Waals surface area contributed by atoms with Gasteiger partial charge in [0.1, 0.15) is 17.6 Å². The highest BCUT2D eigenvalue weighted by atomic mass is 16.5. The van der Waals surface area contributed by atoms with Crippen molar-refractivity contribution in [1.82, 2.24) is 10.2 Å². The Hall–Kier alpha value is -2.57. The molecule has 1 saturated heterocycles. The average Bonchev–Trinajstić information content (AvgIpc) is 2.81. The third-order valence-corrected chi connectivity index (χ3v) is 5.75. The minimum atomic E-state index is -0.163. The second kappa shape index (κ2) is 11.7. The first-order chi connectivity index (χ1) is 15.1. The maximum atomic E-state index is 12.6. The fraction of sp³-hybridized carbons (Fsp3) is 0.480. The normalized spacial score (nSPS) is 16.0. The summed E-state index contributed by atoms with van der Waals surface area (Å²) in [6.45, 7) is 6.23. The SMILES string of the molecule is COCCNC(=O)c1ccc(OC)cc1OC1CCN(CC(C)c2ccccc2)CC1. The molecule has 6 heteroatoms. The molecule has 0 saturated carbocycles. The number of rotatable bonds is 10. The largest absolute Gasteiger partial charge is 0.497 e. The van der Waals surface area contributed by atoms with Crippen LogP contribution in [-0.2, 0) is 4.74 Å². The molecule has 1 heterocycles. The fourth-order valence-corrected chi connectivity index (χ4v) is 3.94. The summed E-state index contributed by atoms with van der Waals surface area (Å²) in [5.74, 6) is 1.59. The number of nitrogens with zero attached hydrogens (tertiary/aromatic N) is 1. The number of piperidine rings is 1. The van der Waals surface area contributed by atoms with Crippen molar-refractivity contribution in [3.8, 4) is 11.5 Å². The predicted molar refractivity (Wildman–Crippen MR) is 122 cm³/mol. The van der Waals surface area contributed by atoms with E-state index in [1.165, 1.54) is 5.56 Å². The molecular formula is C25H34N2O4. The third-order valence-electron chi connectivity index (χ3n) is 5.75. The van der Waals surface area contributed by atoms with Crippen LogP contribution < -0.4 is 14.8 Å². The van der Waals surface area contributed by atoms with Gasteiger partial charge in [-0.1, -0.05) is 37.3 Å². The lowest BCUT2D eigenvalue weighted by Crippen LogP contribution is -2.40. The van der Waals surface area contributed by atoms with Gasteiger partial charge < -0.3 is 24.4 Å². The number of carbonyl (C=O) groups excluding carboxylic acids is 1. The Balaban J connectivity index is 1.57. The summed E-state index contributed by atoms with van der Waals surface area (Å²) in [5.41, 5.74) is 1.90. The monoisotopic (exact) mass is 426 g/mol. The molecule has 1 aliphatic heterocycles. The molecule has 0 spiro atoms. The Bertz CT molecular complexity index is 820. The van der Waals surface area contributed by atoms with Gasteiger partial charge >= 0.3 is 0 Å². The van der Waals surface area contributed by atoms with Crippen molar-refractivity contribution in [1.29, 1.82) is 0 Å². The topological polar surface area (TPSA) is 60.0 Å². The predicted octanol–water partition coefficient (Wildman–Crippen LogP) is 3.72. The summed E-state index contributed by atoms with van der Waals surface area (Å²) in [7, 11) is 3.23. The van der Waals surface area contributed by atoms with Crippen LogP contribution >= 0.6 is 0 Å². The number of amides is 1. The quantitative estimate of drug-likeness (QED) is 0.587. The lowest BCUT2D eigenvalue weighted by molar-refractivity contribution is 0.0885. The molecule has 6 nitrogen and oxygen atoms in total. The minimum Gasteiger partial charge on any atom is -0.497 e. The van der Waals surface area contributed by atoms with Gasteiger partial charge in [0, 0.05) is 39.4 Å². The van der Waals surface area contributed by atoms with Gasteiger partial charge in [0.2, 0.25) is 0 Å². The van der Waals surface area contributed by atoms with Gasteiger partial charge in [0.15, 0.2) is 0 Å². The Morgan fingerprint density at radius 2 is 1.87 bits per heavy atom. The van der Waals surface area contributed by atoms with Crippen molar-refractivity contribution < 1.29 is 19.0 Å². The van der Waals surface area contributed by atoms with Gasteiger partial charge in [0.25, 0.3) is 5.91 Å². The first kappa shape index (κ1) is 23.1. The molecule has 0 bridgehead atoms. The van der Waals surface area contributed by atoms with Crippen molar-refractivity contribution in [2.24, 2.45) is 0 Å². The van der Waals surface area contributed by atoms with Crippen LogP contribution in [0.3, 0.4) is 0 Å². The lowest BCUT2D eigenvalue weighted by Gasteiger charge is -2.34. The van der Waals surface area contributed by atoms with Gasteiger partial charge in [-0.2, -0.15) is 0 Å². The summed E-state index contributed by atoms with van der Waals surface area (Å²) in [5, 5.41) is 2.87. The molecule has 0 aliphatic carbocycles. The summed E-state index contributed by atoms with van der Waals surface area (Å²) in [6, 6.07) is 16.0. The standard InChI is InChI=1S/C25H34N2O4/c1-19(20-7-5-4-6-8-20)18-27-14-11-21(12-15-27)31-24-17-22(30-3)9-10-23(24)25(28)26-13-16-29-2/h4-10,17,19,21H,11-16,18H2,1-3H3,(H,26,28). The minimum absolute atomic E-state index is 0.0842. The molecular weight excluding hydrogens is 392 g/mol. The van der Waals surface area contributed by atoms with E-state index in [1.807, 2.05) is 0 Å². The van der Waals surface area contributed by atoms with Crippen molar-refractivity contribution in [3.63, 3.8) is 0 Å². The molecule has 31 heavy (non-hydrogen) atoms. The van der Waals surface area contributed by atoms with Crippen LogP contribution in [0.15, 0.2) is 48.5 Å². The first-order valence-electron chi connectivity index (χ1n) is 11.0. The molecule has 3 rings (SSSR count). The van der Waals surface area contributed by atoms with Gasteiger partial charge in [-0.05, 0) is 36.5 Å². The van der Waals surface area contributed by atoms with Crippen LogP contribution in [0, 0.1) is 0 Å².